The fourth-order valence-electron chi connectivity index (χ4n) is 2.65. The minimum absolute atomic E-state index is 0.0516. The largest absolute Gasteiger partial charge is 0.354 e. The van der Waals surface area contributed by atoms with Gasteiger partial charge in [0.1, 0.15) is 0 Å². The van der Waals surface area contributed by atoms with Crippen LogP contribution in [-0.4, -0.2) is 21.6 Å². The molecule has 2 N–H and O–H groups in total. The van der Waals surface area contributed by atoms with E-state index in [0.29, 0.717) is 10.9 Å². The Kier molecular flexibility index (Phi) is 4.54. The topological polar surface area (TPSA) is 57.8 Å². The molecule has 4 aromatic rings. The summed E-state index contributed by atoms with van der Waals surface area (Å²) in [6, 6.07) is 18.4. The lowest BCUT2D eigenvalue weighted by Crippen LogP contribution is -2.13. The minimum Gasteiger partial charge on any atom is -0.354 e. The molecule has 0 atom stereocenters. The van der Waals surface area contributed by atoms with E-state index in [-0.39, 0.29) is 5.91 Å². The number of thiazole rings is 1. The van der Waals surface area contributed by atoms with Gasteiger partial charge in [-0.3, -0.25) is 4.79 Å². The number of carbonyl (C=O) groups is 1. The number of aromatic nitrogens is 2. The van der Waals surface area contributed by atoms with Crippen LogP contribution >= 0.6 is 23.1 Å². The Labute approximate surface area is 153 Å². The van der Waals surface area contributed by atoms with Crippen LogP contribution in [-0.2, 0) is 4.79 Å². The Morgan fingerprint density at radius 1 is 1.12 bits per heavy atom. The first-order valence-electron chi connectivity index (χ1n) is 7.79. The van der Waals surface area contributed by atoms with Gasteiger partial charge in [0.05, 0.1) is 11.4 Å². The number of H-pyrrole nitrogens is 1. The van der Waals surface area contributed by atoms with Gasteiger partial charge in [-0.1, -0.05) is 48.5 Å². The molecule has 0 radical (unpaired) electrons. The molecule has 2 heterocycles. The molecule has 0 aliphatic heterocycles. The third-order valence-electron chi connectivity index (χ3n) is 3.75. The molecule has 0 saturated carbocycles. The van der Waals surface area contributed by atoms with Crippen LogP contribution in [0.2, 0.25) is 0 Å². The number of aromatic amines is 1. The highest BCUT2D eigenvalue weighted by Gasteiger charge is 2.15. The van der Waals surface area contributed by atoms with Gasteiger partial charge >= 0.3 is 0 Å². The predicted octanol–water partition coefficient (Wildman–Crippen LogP) is 5.02. The van der Waals surface area contributed by atoms with E-state index in [1.807, 2.05) is 35.7 Å². The Balaban J connectivity index is 1.62. The number of anilines is 1. The molecule has 0 bridgehead atoms. The van der Waals surface area contributed by atoms with E-state index in [1.54, 1.807) is 18.0 Å². The van der Waals surface area contributed by atoms with Crippen molar-refractivity contribution in [2.24, 2.45) is 0 Å². The SMILES string of the molecule is O=C(CSc1c(-c2ccccc2)[nH]c2ccccc12)Nc1nccs1. The van der Waals surface area contributed by atoms with Gasteiger partial charge in [-0.05, 0) is 11.6 Å². The molecule has 4 nitrogen and oxygen atoms in total. The van der Waals surface area contributed by atoms with Crippen LogP contribution in [0.25, 0.3) is 22.2 Å². The summed E-state index contributed by atoms with van der Waals surface area (Å²) >= 11 is 2.96. The van der Waals surface area contributed by atoms with E-state index in [1.165, 1.54) is 11.3 Å². The molecule has 1 amide bonds. The molecule has 6 heteroatoms. The van der Waals surface area contributed by atoms with Crippen molar-refractivity contribution in [3.8, 4) is 11.3 Å². The van der Waals surface area contributed by atoms with Crippen molar-refractivity contribution < 1.29 is 4.79 Å². The Morgan fingerprint density at radius 2 is 1.92 bits per heavy atom. The van der Waals surface area contributed by atoms with Crippen molar-refractivity contribution >= 4 is 45.0 Å². The summed E-state index contributed by atoms with van der Waals surface area (Å²) in [5.74, 6) is 0.283. The maximum absolute atomic E-state index is 12.2. The second-order valence-electron chi connectivity index (χ2n) is 5.41. The van der Waals surface area contributed by atoms with Gasteiger partial charge in [0, 0.05) is 27.4 Å². The number of benzene rings is 2. The van der Waals surface area contributed by atoms with Gasteiger partial charge in [-0.2, -0.15) is 0 Å². The molecule has 0 aliphatic carbocycles. The second-order valence-corrected chi connectivity index (χ2v) is 7.30. The predicted molar refractivity (Wildman–Crippen MR) is 105 cm³/mol. The Hall–Kier alpha value is -2.57. The number of amides is 1. The van der Waals surface area contributed by atoms with Crippen molar-refractivity contribution in [3.05, 3.63) is 66.2 Å². The third-order valence-corrected chi connectivity index (χ3v) is 5.55. The molecule has 0 spiro atoms. The maximum atomic E-state index is 12.2. The van der Waals surface area contributed by atoms with Gasteiger partial charge in [-0.25, -0.2) is 4.98 Å². The fourth-order valence-corrected chi connectivity index (χ4v) is 4.19. The highest BCUT2D eigenvalue weighted by molar-refractivity contribution is 8.00. The van der Waals surface area contributed by atoms with Crippen LogP contribution in [0.3, 0.4) is 0 Å². The standard InChI is InChI=1S/C19H15N3OS2/c23-16(22-19-20-10-11-24-19)12-25-18-14-8-4-5-9-15(14)21-17(18)13-6-2-1-3-7-13/h1-11,21H,12H2,(H,20,22,23). The molecule has 4 rings (SSSR count). The van der Waals surface area contributed by atoms with Gasteiger partial charge in [-0.15, -0.1) is 23.1 Å². The van der Waals surface area contributed by atoms with Crippen LogP contribution < -0.4 is 5.32 Å². The molecule has 2 aromatic carbocycles. The van der Waals surface area contributed by atoms with E-state index in [2.05, 4.69) is 39.6 Å². The molecule has 2 aromatic heterocycles. The zero-order valence-corrected chi connectivity index (χ0v) is 14.9. The first-order valence-corrected chi connectivity index (χ1v) is 9.66. The summed E-state index contributed by atoms with van der Waals surface area (Å²) in [6.45, 7) is 0. The van der Waals surface area contributed by atoms with Gasteiger partial charge in [0.25, 0.3) is 0 Å². The molecular formula is C19H15N3OS2. The number of thioether (sulfide) groups is 1. The lowest BCUT2D eigenvalue weighted by atomic mass is 10.1. The number of para-hydroxylation sites is 1. The van der Waals surface area contributed by atoms with Crippen molar-refractivity contribution in [3.63, 3.8) is 0 Å². The van der Waals surface area contributed by atoms with Crippen molar-refractivity contribution in [2.45, 2.75) is 4.90 Å². The van der Waals surface area contributed by atoms with E-state index in [4.69, 9.17) is 0 Å². The lowest BCUT2D eigenvalue weighted by Gasteiger charge is -2.05. The highest BCUT2D eigenvalue weighted by Crippen LogP contribution is 2.37. The van der Waals surface area contributed by atoms with Crippen LogP contribution in [0.1, 0.15) is 0 Å². The zero-order chi connectivity index (χ0) is 17.1. The summed E-state index contributed by atoms with van der Waals surface area (Å²) in [7, 11) is 0. The molecule has 124 valence electrons. The van der Waals surface area contributed by atoms with Crippen molar-refractivity contribution in [2.75, 3.05) is 11.1 Å². The van der Waals surface area contributed by atoms with Gasteiger partial charge in [0.15, 0.2) is 5.13 Å². The molecular weight excluding hydrogens is 350 g/mol. The summed E-state index contributed by atoms with van der Waals surface area (Å²) in [6.07, 6.45) is 1.68. The maximum Gasteiger partial charge on any atom is 0.236 e. The van der Waals surface area contributed by atoms with E-state index >= 15 is 0 Å². The van der Waals surface area contributed by atoms with Crippen LogP contribution in [0.4, 0.5) is 5.13 Å². The molecule has 0 fully saturated rings. The summed E-state index contributed by atoms with van der Waals surface area (Å²) < 4.78 is 0. The average molecular weight is 365 g/mol. The number of nitrogens with one attached hydrogen (secondary N) is 2. The molecule has 0 saturated heterocycles. The number of hydrogen-bond donors (Lipinski definition) is 2. The minimum atomic E-state index is -0.0516. The summed E-state index contributed by atoms with van der Waals surface area (Å²) in [5, 5.41) is 6.44. The summed E-state index contributed by atoms with van der Waals surface area (Å²) in [5.41, 5.74) is 3.24. The van der Waals surface area contributed by atoms with Crippen LogP contribution in [0.15, 0.2) is 71.1 Å². The van der Waals surface area contributed by atoms with Crippen LogP contribution in [0, 0.1) is 0 Å². The number of hydrogen-bond acceptors (Lipinski definition) is 4. The van der Waals surface area contributed by atoms with E-state index in [0.717, 1.165) is 27.1 Å². The van der Waals surface area contributed by atoms with Gasteiger partial charge < -0.3 is 10.3 Å². The van der Waals surface area contributed by atoms with Crippen LogP contribution in [0.5, 0.6) is 0 Å². The fraction of sp³-hybridized carbons (Fsp3) is 0.0526. The molecule has 0 aliphatic rings. The summed E-state index contributed by atoms with van der Waals surface area (Å²) in [4.78, 5) is 20.9. The Bertz CT molecular complexity index is 994. The molecule has 25 heavy (non-hydrogen) atoms. The quantitative estimate of drug-likeness (QED) is 0.488. The number of rotatable bonds is 5. The second kappa shape index (κ2) is 7.13. The number of fused-ring (bicyclic) bond motifs is 1. The van der Waals surface area contributed by atoms with E-state index < -0.39 is 0 Å². The number of carbonyl (C=O) groups excluding carboxylic acids is 1. The highest BCUT2D eigenvalue weighted by atomic mass is 32.2. The monoisotopic (exact) mass is 365 g/mol. The Morgan fingerprint density at radius 3 is 2.72 bits per heavy atom. The normalized spacial score (nSPS) is 10.9. The smallest absolute Gasteiger partial charge is 0.236 e. The van der Waals surface area contributed by atoms with Crippen molar-refractivity contribution in [1.29, 1.82) is 0 Å². The van der Waals surface area contributed by atoms with Gasteiger partial charge in [0.2, 0.25) is 5.91 Å². The number of nitrogens with zero attached hydrogens (tertiary/aromatic N) is 1. The van der Waals surface area contributed by atoms with E-state index in [9.17, 15) is 4.79 Å². The average Bonchev–Trinajstić information content (AvgIpc) is 3.28. The lowest BCUT2D eigenvalue weighted by molar-refractivity contribution is -0.113. The molecule has 0 unspecified atom stereocenters. The third kappa shape index (κ3) is 3.45. The first kappa shape index (κ1) is 15.9. The van der Waals surface area contributed by atoms with Crippen molar-refractivity contribution in [1.82, 2.24) is 9.97 Å². The first-order chi connectivity index (χ1) is 12.3. The zero-order valence-electron chi connectivity index (χ0n) is 13.2.